The summed E-state index contributed by atoms with van der Waals surface area (Å²) in [4.78, 5) is 7.46. The van der Waals surface area contributed by atoms with Gasteiger partial charge >= 0.3 is 0 Å². The molecule has 0 aliphatic carbocycles. The molecule has 0 amide bonds. The summed E-state index contributed by atoms with van der Waals surface area (Å²) < 4.78 is 0. The van der Waals surface area contributed by atoms with Crippen LogP contribution in [0.1, 0.15) is 19.3 Å². The SMILES string of the molecule is C1=NCC2=C(C1)CCC=[NH+]2. The van der Waals surface area contributed by atoms with Crippen molar-refractivity contribution in [3.63, 3.8) is 0 Å². The molecule has 0 saturated carbocycles. The molecule has 0 bridgehead atoms. The number of allylic oxidation sites excluding steroid dienone is 1. The second-order valence-electron chi connectivity index (χ2n) is 2.70. The van der Waals surface area contributed by atoms with Crippen LogP contribution in [0.15, 0.2) is 16.3 Å². The first-order valence-corrected chi connectivity index (χ1v) is 3.74. The van der Waals surface area contributed by atoms with Gasteiger partial charge in [0.15, 0.2) is 0 Å². The second kappa shape index (κ2) is 2.37. The fraction of sp³-hybridized carbons (Fsp3) is 0.500. The van der Waals surface area contributed by atoms with Crippen molar-refractivity contribution in [2.24, 2.45) is 4.99 Å². The topological polar surface area (TPSA) is 26.3 Å². The van der Waals surface area contributed by atoms with E-state index in [4.69, 9.17) is 0 Å². The highest BCUT2D eigenvalue weighted by molar-refractivity contribution is 5.64. The second-order valence-corrected chi connectivity index (χ2v) is 2.70. The summed E-state index contributed by atoms with van der Waals surface area (Å²) in [5.74, 6) is 0. The molecule has 0 unspecified atom stereocenters. The predicted octanol–water partition coefficient (Wildman–Crippen LogP) is -0.340. The van der Waals surface area contributed by atoms with E-state index in [-0.39, 0.29) is 0 Å². The summed E-state index contributed by atoms with van der Waals surface area (Å²) in [7, 11) is 0. The van der Waals surface area contributed by atoms with E-state index in [9.17, 15) is 0 Å². The summed E-state index contributed by atoms with van der Waals surface area (Å²) >= 11 is 0. The molecule has 2 aliphatic rings. The zero-order valence-electron chi connectivity index (χ0n) is 5.93. The van der Waals surface area contributed by atoms with Crippen LogP contribution in [-0.4, -0.2) is 19.0 Å². The Kier molecular flexibility index (Phi) is 1.38. The fourth-order valence-electron chi connectivity index (χ4n) is 1.41. The Labute approximate surface area is 60.4 Å². The van der Waals surface area contributed by atoms with Crippen molar-refractivity contribution in [3.8, 4) is 0 Å². The van der Waals surface area contributed by atoms with Crippen molar-refractivity contribution < 1.29 is 4.99 Å². The van der Waals surface area contributed by atoms with E-state index in [0.717, 1.165) is 13.0 Å². The Morgan fingerprint density at radius 2 is 2.50 bits per heavy atom. The van der Waals surface area contributed by atoms with E-state index in [2.05, 4.69) is 16.2 Å². The van der Waals surface area contributed by atoms with E-state index in [0.29, 0.717) is 0 Å². The van der Waals surface area contributed by atoms with Gasteiger partial charge in [-0.2, -0.15) is 0 Å². The van der Waals surface area contributed by atoms with Crippen molar-refractivity contribution in [2.75, 3.05) is 6.54 Å². The number of hydrogen-bond donors (Lipinski definition) is 1. The minimum atomic E-state index is 0.867. The summed E-state index contributed by atoms with van der Waals surface area (Å²) in [6.45, 7) is 0.867. The van der Waals surface area contributed by atoms with Gasteiger partial charge in [-0.05, 0) is 6.42 Å². The van der Waals surface area contributed by atoms with Crippen LogP contribution in [0.5, 0.6) is 0 Å². The first-order valence-electron chi connectivity index (χ1n) is 3.74. The van der Waals surface area contributed by atoms with Crippen LogP contribution >= 0.6 is 0 Å². The van der Waals surface area contributed by atoms with E-state index in [1.54, 1.807) is 5.57 Å². The van der Waals surface area contributed by atoms with Gasteiger partial charge in [0.05, 0.1) is 0 Å². The van der Waals surface area contributed by atoms with Gasteiger partial charge in [0.25, 0.3) is 0 Å². The molecule has 0 aromatic carbocycles. The maximum atomic E-state index is 4.20. The minimum absolute atomic E-state index is 0.867. The number of nitrogens with zero attached hydrogens (tertiary/aromatic N) is 1. The molecule has 2 aliphatic heterocycles. The van der Waals surface area contributed by atoms with Crippen LogP contribution in [0, 0.1) is 0 Å². The van der Waals surface area contributed by atoms with Crippen LogP contribution in [0.25, 0.3) is 0 Å². The molecule has 0 aromatic heterocycles. The number of aliphatic imine (C=N–C) groups is 1. The lowest BCUT2D eigenvalue weighted by Crippen LogP contribution is -2.69. The molecule has 1 N–H and O–H groups in total. The van der Waals surface area contributed by atoms with Crippen LogP contribution < -0.4 is 4.99 Å². The fourth-order valence-corrected chi connectivity index (χ4v) is 1.41. The van der Waals surface area contributed by atoms with Crippen molar-refractivity contribution in [1.29, 1.82) is 0 Å². The lowest BCUT2D eigenvalue weighted by atomic mass is 10.0. The summed E-state index contributed by atoms with van der Waals surface area (Å²) in [5.41, 5.74) is 2.89. The van der Waals surface area contributed by atoms with Gasteiger partial charge in [0, 0.05) is 24.6 Å². The first-order chi connectivity index (χ1) is 4.97. The molecule has 2 heterocycles. The summed E-state index contributed by atoms with van der Waals surface area (Å²) in [6.07, 6.45) is 7.61. The summed E-state index contributed by atoms with van der Waals surface area (Å²) in [6, 6.07) is 0. The third-order valence-corrected chi connectivity index (χ3v) is 2.01. The van der Waals surface area contributed by atoms with E-state index in [1.165, 1.54) is 18.5 Å². The molecule has 0 radical (unpaired) electrons. The van der Waals surface area contributed by atoms with E-state index in [1.807, 2.05) is 6.21 Å². The van der Waals surface area contributed by atoms with Crippen molar-refractivity contribution >= 4 is 12.4 Å². The minimum Gasteiger partial charge on any atom is -0.286 e. The Hall–Kier alpha value is -0.920. The van der Waals surface area contributed by atoms with Gasteiger partial charge in [-0.1, -0.05) is 0 Å². The monoisotopic (exact) mass is 135 g/mol. The lowest BCUT2D eigenvalue weighted by molar-refractivity contribution is -0.397. The van der Waals surface area contributed by atoms with Crippen molar-refractivity contribution in [2.45, 2.75) is 19.3 Å². The third-order valence-electron chi connectivity index (χ3n) is 2.01. The van der Waals surface area contributed by atoms with Gasteiger partial charge in [-0.3, -0.25) is 4.99 Å². The Balaban J connectivity index is 2.25. The normalized spacial score (nSPS) is 23.2. The van der Waals surface area contributed by atoms with Gasteiger partial charge in [-0.25, -0.2) is 4.99 Å². The first kappa shape index (κ1) is 5.83. The average molecular weight is 135 g/mol. The molecule has 2 rings (SSSR count). The van der Waals surface area contributed by atoms with Crippen LogP contribution in [0.4, 0.5) is 0 Å². The molecular weight excluding hydrogens is 124 g/mol. The maximum Gasteiger partial charge on any atom is 0.200 e. The Morgan fingerprint density at radius 3 is 3.40 bits per heavy atom. The van der Waals surface area contributed by atoms with Crippen LogP contribution in [-0.2, 0) is 0 Å². The lowest BCUT2D eigenvalue weighted by Gasteiger charge is -2.09. The van der Waals surface area contributed by atoms with Gasteiger partial charge in [0.2, 0.25) is 5.70 Å². The summed E-state index contributed by atoms with van der Waals surface area (Å²) in [5, 5.41) is 0. The largest absolute Gasteiger partial charge is 0.286 e. The standard InChI is InChI=1S/C8H10N2/c1-2-7-3-5-9-6-8(7)10-4-1/h4-5H,1-3,6H2/p+1. The quantitative estimate of drug-likeness (QED) is 0.470. The van der Waals surface area contributed by atoms with E-state index < -0.39 is 0 Å². The number of nitrogens with one attached hydrogen (secondary N) is 1. The maximum absolute atomic E-state index is 4.20. The van der Waals surface area contributed by atoms with Gasteiger partial charge in [-0.15, -0.1) is 0 Å². The highest BCUT2D eigenvalue weighted by Gasteiger charge is 2.15. The molecule has 2 nitrogen and oxygen atoms in total. The molecule has 0 fully saturated rings. The Morgan fingerprint density at radius 1 is 1.50 bits per heavy atom. The molecule has 0 aromatic rings. The van der Waals surface area contributed by atoms with E-state index >= 15 is 0 Å². The van der Waals surface area contributed by atoms with Crippen molar-refractivity contribution in [3.05, 3.63) is 11.3 Å². The molecular formula is C8H11N2+. The zero-order valence-corrected chi connectivity index (χ0v) is 5.93. The zero-order chi connectivity index (χ0) is 6.81. The number of hydrogen-bond acceptors (Lipinski definition) is 1. The molecule has 0 spiro atoms. The smallest absolute Gasteiger partial charge is 0.200 e. The third kappa shape index (κ3) is 0.897. The average Bonchev–Trinajstić information content (AvgIpc) is 2.05. The Bertz CT molecular complexity index is 223. The highest BCUT2D eigenvalue weighted by atomic mass is 14.8. The molecule has 2 heteroatoms. The van der Waals surface area contributed by atoms with Crippen molar-refractivity contribution in [1.82, 2.24) is 0 Å². The van der Waals surface area contributed by atoms with Gasteiger partial charge in [0.1, 0.15) is 12.8 Å². The predicted molar refractivity (Wildman–Crippen MR) is 41.3 cm³/mol. The molecule has 10 heavy (non-hydrogen) atoms. The van der Waals surface area contributed by atoms with Crippen LogP contribution in [0.3, 0.4) is 0 Å². The number of dihydropyridines is 1. The molecule has 0 atom stereocenters. The molecule has 52 valence electrons. The number of rotatable bonds is 0. The highest BCUT2D eigenvalue weighted by Crippen LogP contribution is 2.14. The van der Waals surface area contributed by atoms with Gasteiger partial charge < -0.3 is 0 Å². The van der Waals surface area contributed by atoms with Crippen LogP contribution in [0.2, 0.25) is 0 Å². The molecule has 0 saturated heterocycles.